The molecule has 2 aromatic rings. The smallest absolute Gasteiger partial charge is 0.123 e. The summed E-state index contributed by atoms with van der Waals surface area (Å²) >= 11 is 0. The summed E-state index contributed by atoms with van der Waals surface area (Å²) in [6.07, 6.45) is 7.41. The zero-order valence-electron chi connectivity index (χ0n) is 17.0. The highest BCUT2D eigenvalue weighted by atomic mass is 16.3. The predicted molar refractivity (Wildman–Crippen MR) is 112 cm³/mol. The minimum Gasteiger partial charge on any atom is -0.508 e. The number of aromatic hydroxyl groups is 2. The van der Waals surface area contributed by atoms with Crippen LogP contribution in [0.1, 0.15) is 70.4 Å². The molecule has 0 saturated heterocycles. The Labute approximate surface area is 163 Å². The highest BCUT2D eigenvalue weighted by Gasteiger charge is 2.22. The second kappa shape index (κ2) is 9.80. The lowest BCUT2D eigenvalue weighted by Gasteiger charge is -2.26. The van der Waals surface area contributed by atoms with E-state index in [2.05, 4.69) is 26.8 Å². The number of phenols is 2. The van der Waals surface area contributed by atoms with Gasteiger partial charge in [0, 0.05) is 12.2 Å². The highest BCUT2D eigenvalue weighted by Crippen LogP contribution is 2.38. The molecule has 0 radical (unpaired) electrons. The monoisotopic (exact) mass is 370 g/mol. The maximum absolute atomic E-state index is 10.7. The van der Waals surface area contributed by atoms with Crippen molar-refractivity contribution in [2.45, 2.75) is 71.1 Å². The molecule has 3 nitrogen and oxygen atoms in total. The summed E-state index contributed by atoms with van der Waals surface area (Å²) in [5.41, 5.74) is 3.72. The van der Waals surface area contributed by atoms with Crippen LogP contribution < -0.4 is 0 Å². The van der Waals surface area contributed by atoms with Crippen molar-refractivity contribution in [3.63, 3.8) is 0 Å². The SMILES string of the molecule is CCCCCCC(C)(C)c1ccc(-c2cc(O)ccc2CCCO)c(O)c1. The van der Waals surface area contributed by atoms with Crippen LogP contribution in [0.4, 0.5) is 0 Å². The maximum atomic E-state index is 10.7. The van der Waals surface area contributed by atoms with Crippen molar-refractivity contribution in [2.24, 2.45) is 0 Å². The van der Waals surface area contributed by atoms with Crippen LogP contribution >= 0.6 is 0 Å². The molecule has 2 rings (SSSR count). The van der Waals surface area contributed by atoms with Gasteiger partial charge in [0.1, 0.15) is 11.5 Å². The molecule has 148 valence electrons. The molecule has 0 aliphatic rings. The van der Waals surface area contributed by atoms with E-state index in [0.29, 0.717) is 12.8 Å². The van der Waals surface area contributed by atoms with E-state index >= 15 is 0 Å². The van der Waals surface area contributed by atoms with Crippen LogP contribution in [-0.2, 0) is 11.8 Å². The van der Waals surface area contributed by atoms with Crippen LogP contribution in [0.25, 0.3) is 11.1 Å². The normalized spacial score (nSPS) is 11.7. The third-order valence-electron chi connectivity index (χ3n) is 5.42. The summed E-state index contributed by atoms with van der Waals surface area (Å²) in [6, 6.07) is 11.1. The molecule has 0 aromatic heterocycles. The van der Waals surface area contributed by atoms with Gasteiger partial charge >= 0.3 is 0 Å². The summed E-state index contributed by atoms with van der Waals surface area (Å²) in [6.45, 7) is 6.80. The summed E-state index contributed by atoms with van der Waals surface area (Å²) in [5, 5.41) is 29.8. The Morgan fingerprint density at radius 2 is 1.63 bits per heavy atom. The summed E-state index contributed by atoms with van der Waals surface area (Å²) < 4.78 is 0. The molecule has 0 saturated carbocycles. The Kier molecular flexibility index (Phi) is 7.73. The van der Waals surface area contributed by atoms with Gasteiger partial charge in [-0.15, -0.1) is 0 Å². The molecule has 3 heteroatoms. The van der Waals surface area contributed by atoms with E-state index in [4.69, 9.17) is 5.11 Å². The first-order valence-corrected chi connectivity index (χ1v) is 10.2. The number of aliphatic hydroxyl groups is 1. The van der Waals surface area contributed by atoms with Gasteiger partial charge in [0.25, 0.3) is 0 Å². The summed E-state index contributed by atoms with van der Waals surface area (Å²) in [4.78, 5) is 0. The molecular weight excluding hydrogens is 336 g/mol. The van der Waals surface area contributed by atoms with Gasteiger partial charge in [-0.25, -0.2) is 0 Å². The van der Waals surface area contributed by atoms with Crippen molar-refractivity contribution in [1.29, 1.82) is 0 Å². The van der Waals surface area contributed by atoms with E-state index in [-0.39, 0.29) is 23.5 Å². The van der Waals surface area contributed by atoms with Gasteiger partial charge in [-0.3, -0.25) is 0 Å². The van der Waals surface area contributed by atoms with Crippen LogP contribution in [0.5, 0.6) is 11.5 Å². The fourth-order valence-corrected chi connectivity index (χ4v) is 3.62. The second-order valence-corrected chi connectivity index (χ2v) is 8.10. The molecule has 0 aliphatic heterocycles. The van der Waals surface area contributed by atoms with Gasteiger partial charge in [-0.1, -0.05) is 64.7 Å². The standard InChI is InChI=1S/C24H34O3/c1-4-5-6-7-14-24(2,3)19-11-13-21(23(27)16-19)22-17-20(26)12-10-18(22)9-8-15-25/h10-13,16-17,25-27H,4-9,14-15H2,1-3H3. The van der Waals surface area contributed by atoms with Gasteiger partial charge in [0.15, 0.2) is 0 Å². The fraction of sp³-hybridized carbons (Fsp3) is 0.500. The van der Waals surface area contributed by atoms with Crippen molar-refractivity contribution in [3.8, 4) is 22.6 Å². The predicted octanol–water partition coefficient (Wildman–Crippen LogP) is 5.94. The largest absolute Gasteiger partial charge is 0.508 e. The third kappa shape index (κ3) is 5.74. The molecule has 0 heterocycles. The molecule has 2 aromatic carbocycles. The summed E-state index contributed by atoms with van der Waals surface area (Å²) in [5.74, 6) is 0.419. The molecule has 0 fully saturated rings. The van der Waals surface area contributed by atoms with Crippen molar-refractivity contribution < 1.29 is 15.3 Å². The Morgan fingerprint density at radius 1 is 0.852 bits per heavy atom. The molecule has 0 unspecified atom stereocenters. The van der Waals surface area contributed by atoms with Crippen molar-refractivity contribution >= 4 is 0 Å². The number of hydrogen-bond acceptors (Lipinski definition) is 3. The molecule has 27 heavy (non-hydrogen) atoms. The average molecular weight is 371 g/mol. The molecular formula is C24H34O3. The number of unbranched alkanes of at least 4 members (excludes halogenated alkanes) is 3. The number of rotatable bonds is 10. The van der Waals surface area contributed by atoms with Gasteiger partial charge in [0.2, 0.25) is 0 Å². The zero-order valence-corrected chi connectivity index (χ0v) is 17.0. The van der Waals surface area contributed by atoms with Gasteiger partial charge in [-0.2, -0.15) is 0 Å². The molecule has 0 spiro atoms. The first-order chi connectivity index (χ1) is 12.9. The second-order valence-electron chi connectivity index (χ2n) is 8.10. The number of phenolic OH excluding ortho intramolecular Hbond substituents is 2. The number of aryl methyl sites for hydroxylation is 1. The lowest BCUT2D eigenvalue weighted by Crippen LogP contribution is -2.16. The van der Waals surface area contributed by atoms with Gasteiger partial charge < -0.3 is 15.3 Å². The van der Waals surface area contributed by atoms with E-state index in [9.17, 15) is 10.2 Å². The number of benzene rings is 2. The minimum absolute atomic E-state index is 0.0162. The molecule has 3 N–H and O–H groups in total. The lowest BCUT2D eigenvalue weighted by atomic mass is 9.79. The minimum atomic E-state index is 0.0162. The highest BCUT2D eigenvalue weighted by molar-refractivity contribution is 5.75. The summed E-state index contributed by atoms with van der Waals surface area (Å²) in [7, 11) is 0. The van der Waals surface area contributed by atoms with E-state index < -0.39 is 0 Å². The fourth-order valence-electron chi connectivity index (χ4n) is 3.62. The maximum Gasteiger partial charge on any atom is 0.123 e. The molecule has 0 bridgehead atoms. The quantitative estimate of drug-likeness (QED) is 0.454. The van der Waals surface area contributed by atoms with Crippen LogP contribution in [-0.4, -0.2) is 21.9 Å². The van der Waals surface area contributed by atoms with Crippen LogP contribution in [0.2, 0.25) is 0 Å². The Bertz CT molecular complexity index is 734. The van der Waals surface area contributed by atoms with Crippen LogP contribution in [0.15, 0.2) is 36.4 Å². The van der Waals surface area contributed by atoms with Crippen LogP contribution in [0.3, 0.4) is 0 Å². The Balaban J connectivity index is 2.28. The molecule has 0 aliphatic carbocycles. The van der Waals surface area contributed by atoms with Crippen LogP contribution in [0, 0.1) is 0 Å². The van der Waals surface area contributed by atoms with Crippen molar-refractivity contribution in [2.75, 3.05) is 6.61 Å². The van der Waals surface area contributed by atoms with Crippen molar-refractivity contribution in [1.82, 2.24) is 0 Å². The lowest BCUT2D eigenvalue weighted by molar-refractivity contribution is 0.288. The average Bonchev–Trinajstić information content (AvgIpc) is 2.64. The number of aliphatic hydroxyl groups excluding tert-OH is 1. The third-order valence-corrected chi connectivity index (χ3v) is 5.42. The Morgan fingerprint density at radius 3 is 2.30 bits per heavy atom. The van der Waals surface area contributed by atoms with E-state index in [1.54, 1.807) is 12.1 Å². The number of hydrogen-bond donors (Lipinski definition) is 3. The van der Waals surface area contributed by atoms with Gasteiger partial charge in [0.05, 0.1) is 0 Å². The first kappa shape index (κ1) is 21.3. The molecule has 0 amide bonds. The topological polar surface area (TPSA) is 60.7 Å². The first-order valence-electron chi connectivity index (χ1n) is 10.2. The Hall–Kier alpha value is -2.00. The van der Waals surface area contributed by atoms with Gasteiger partial charge in [-0.05, 0) is 59.6 Å². The van der Waals surface area contributed by atoms with E-state index in [1.165, 1.54) is 25.7 Å². The van der Waals surface area contributed by atoms with E-state index in [0.717, 1.165) is 28.7 Å². The zero-order chi connectivity index (χ0) is 19.9. The van der Waals surface area contributed by atoms with E-state index in [1.807, 2.05) is 18.2 Å². The molecule has 0 atom stereocenters. The van der Waals surface area contributed by atoms with Crippen molar-refractivity contribution in [3.05, 3.63) is 47.5 Å².